The number of hydrogen-bond acceptors (Lipinski definition) is 0. The Labute approximate surface area is 83.1 Å². The maximum atomic E-state index is 2.00. The lowest BCUT2D eigenvalue weighted by Gasteiger charge is -2.38. The van der Waals surface area contributed by atoms with Gasteiger partial charge in [-0.25, -0.2) is 0 Å². The van der Waals surface area contributed by atoms with Crippen LogP contribution in [0.1, 0.15) is 58.8 Å². The van der Waals surface area contributed by atoms with Gasteiger partial charge in [-0.1, -0.05) is 26.7 Å². The van der Waals surface area contributed by atoms with E-state index in [1.54, 1.807) is 44.9 Å². The van der Waals surface area contributed by atoms with Gasteiger partial charge in [-0.3, -0.25) is 0 Å². The maximum Gasteiger partial charge on any atom is -0.0406 e. The fraction of sp³-hybridized carbons (Fsp3) is 1.00. The second-order valence-corrected chi connectivity index (χ2v) is 5.22. The highest BCUT2D eigenvalue weighted by Gasteiger charge is 2.38. The molecule has 4 bridgehead atoms. The second kappa shape index (κ2) is 4.02. The molecule has 0 amide bonds. The molecule has 76 valence electrons. The van der Waals surface area contributed by atoms with E-state index in [0.717, 1.165) is 11.8 Å². The summed E-state index contributed by atoms with van der Waals surface area (Å²) in [6.07, 6.45) is 11.2. The monoisotopic (exact) mass is 180 g/mol. The Hall–Kier alpha value is 0. The Morgan fingerprint density at radius 3 is 1.23 bits per heavy atom. The van der Waals surface area contributed by atoms with Crippen molar-refractivity contribution in [2.75, 3.05) is 0 Å². The molecule has 0 N–H and O–H groups in total. The molecule has 4 saturated carbocycles. The van der Waals surface area contributed by atoms with Crippen molar-refractivity contribution in [2.45, 2.75) is 58.8 Å². The highest BCUT2D eigenvalue weighted by Crippen LogP contribution is 2.50. The molecule has 0 heteroatoms. The van der Waals surface area contributed by atoms with Crippen molar-refractivity contribution in [2.24, 2.45) is 23.7 Å². The maximum absolute atomic E-state index is 2.00. The minimum Gasteiger partial charge on any atom is -0.0683 e. The van der Waals surface area contributed by atoms with Gasteiger partial charge >= 0.3 is 0 Å². The standard InChI is InChI=1S/C11H18.C2H6/c1-2-9-5-10-3-8(1)4-11(6-9)7-10;1-2/h8-11H,1-7H2;1-2H3. The molecule has 0 atom stereocenters. The van der Waals surface area contributed by atoms with Crippen LogP contribution < -0.4 is 0 Å². The summed E-state index contributed by atoms with van der Waals surface area (Å²) in [4.78, 5) is 0. The van der Waals surface area contributed by atoms with Gasteiger partial charge in [0.25, 0.3) is 0 Å². The average molecular weight is 180 g/mol. The quantitative estimate of drug-likeness (QED) is 0.523. The van der Waals surface area contributed by atoms with E-state index in [1.807, 2.05) is 13.8 Å². The molecule has 4 aliphatic carbocycles. The minimum atomic E-state index is 1.16. The first-order valence-electron chi connectivity index (χ1n) is 6.40. The molecule has 0 nitrogen and oxygen atoms in total. The van der Waals surface area contributed by atoms with Gasteiger partial charge in [-0.05, 0) is 55.8 Å². The van der Waals surface area contributed by atoms with Gasteiger partial charge in [-0.15, -0.1) is 0 Å². The van der Waals surface area contributed by atoms with Crippen LogP contribution in [0, 0.1) is 23.7 Å². The first kappa shape index (κ1) is 9.55. The summed E-state index contributed by atoms with van der Waals surface area (Å²) in [5.41, 5.74) is 0. The third-order valence-electron chi connectivity index (χ3n) is 4.32. The number of rotatable bonds is 0. The molecule has 0 saturated heterocycles. The van der Waals surface area contributed by atoms with Crippen LogP contribution in [0.15, 0.2) is 0 Å². The highest BCUT2D eigenvalue weighted by atomic mass is 14.4. The summed E-state index contributed by atoms with van der Waals surface area (Å²) in [7, 11) is 0. The highest BCUT2D eigenvalue weighted by molar-refractivity contribution is 4.90. The lowest BCUT2D eigenvalue weighted by Crippen LogP contribution is -2.26. The van der Waals surface area contributed by atoms with Gasteiger partial charge in [0.2, 0.25) is 0 Å². The van der Waals surface area contributed by atoms with Crippen molar-refractivity contribution in [3.05, 3.63) is 0 Å². The van der Waals surface area contributed by atoms with Crippen LogP contribution in [-0.4, -0.2) is 0 Å². The third-order valence-corrected chi connectivity index (χ3v) is 4.32. The van der Waals surface area contributed by atoms with E-state index in [0.29, 0.717) is 0 Å². The molecule has 13 heavy (non-hydrogen) atoms. The molecule has 0 heterocycles. The third kappa shape index (κ3) is 1.92. The minimum absolute atomic E-state index is 1.16. The van der Waals surface area contributed by atoms with E-state index >= 15 is 0 Å². The van der Waals surface area contributed by atoms with E-state index in [4.69, 9.17) is 0 Å². The normalized spacial score (nSPS) is 46.6. The molecule has 4 fully saturated rings. The summed E-state index contributed by atoms with van der Waals surface area (Å²) in [5.74, 6) is 4.65. The van der Waals surface area contributed by atoms with Crippen molar-refractivity contribution in [3.8, 4) is 0 Å². The van der Waals surface area contributed by atoms with Gasteiger partial charge in [0.15, 0.2) is 0 Å². The molecule has 0 unspecified atom stereocenters. The Kier molecular flexibility index (Phi) is 2.96. The zero-order valence-corrected chi connectivity index (χ0v) is 9.26. The van der Waals surface area contributed by atoms with E-state index in [-0.39, 0.29) is 0 Å². The second-order valence-electron chi connectivity index (χ2n) is 5.22. The largest absolute Gasteiger partial charge is 0.0683 e. The van der Waals surface area contributed by atoms with Gasteiger partial charge < -0.3 is 0 Å². The van der Waals surface area contributed by atoms with Crippen molar-refractivity contribution in [1.29, 1.82) is 0 Å². The number of hydrogen-bond donors (Lipinski definition) is 0. The zero-order chi connectivity index (χ0) is 9.26. The van der Waals surface area contributed by atoms with E-state index in [9.17, 15) is 0 Å². The Bertz CT molecular complexity index is 127. The van der Waals surface area contributed by atoms with Crippen LogP contribution in [0.3, 0.4) is 0 Å². The van der Waals surface area contributed by atoms with Gasteiger partial charge in [-0.2, -0.15) is 0 Å². The summed E-state index contributed by atoms with van der Waals surface area (Å²) in [6, 6.07) is 0. The molecule has 0 aromatic heterocycles. The van der Waals surface area contributed by atoms with Crippen molar-refractivity contribution < 1.29 is 0 Å². The molecule has 0 radical (unpaired) electrons. The van der Waals surface area contributed by atoms with E-state index < -0.39 is 0 Å². The molecular weight excluding hydrogens is 156 g/mol. The predicted molar refractivity (Wildman–Crippen MR) is 57.6 cm³/mol. The number of fused-ring (bicyclic) bond motifs is 1. The van der Waals surface area contributed by atoms with Crippen LogP contribution in [0.5, 0.6) is 0 Å². The first-order valence-corrected chi connectivity index (χ1v) is 6.40. The van der Waals surface area contributed by atoms with E-state index in [2.05, 4.69) is 0 Å². The summed E-state index contributed by atoms with van der Waals surface area (Å²) < 4.78 is 0. The zero-order valence-electron chi connectivity index (χ0n) is 9.26. The summed E-state index contributed by atoms with van der Waals surface area (Å²) in [5, 5.41) is 0. The average Bonchev–Trinajstić information content (AvgIpc) is 2.37. The summed E-state index contributed by atoms with van der Waals surface area (Å²) >= 11 is 0. The lowest BCUT2D eigenvalue weighted by atomic mass is 9.68. The Morgan fingerprint density at radius 2 is 0.846 bits per heavy atom. The van der Waals surface area contributed by atoms with Crippen molar-refractivity contribution in [1.82, 2.24) is 0 Å². The smallest absolute Gasteiger partial charge is 0.0406 e. The van der Waals surface area contributed by atoms with Crippen molar-refractivity contribution >= 4 is 0 Å². The molecular formula is C13H24. The molecule has 4 rings (SSSR count). The Balaban J connectivity index is 0.000000308. The van der Waals surface area contributed by atoms with Crippen LogP contribution >= 0.6 is 0 Å². The molecule has 0 spiro atoms. The van der Waals surface area contributed by atoms with Crippen molar-refractivity contribution in [3.63, 3.8) is 0 Å². The fourth-order valence-corrected chi connectivity index (χ4v) is 4.07. The molecule has 0 aromatic carbocycles. The van der Waals surface area contributed by atoms with Crippen LogP contribution in [0.25, 0.3) is 0 Å². The van der Waals surface area contributed by atoms with Gasteiger partial charge in [0, 0.05) is 0 Å². The SMILES string of the molecule is C1CC2CC3CC1CC(C2)C3.CC. The van der Waals surface area contributed by atoms with Gasteiger partial charge in [0.05, 0.1) is 0 Å². The summed E-state index contributed by atoms with van der Waals surface area (Å²) in [6.45, 7) is 4.00. The van der Waals surface area contributed by atoms with Gasteiger partial charge in [0.1, 0.15) is 0 Å². The van der Waals surface area contributed by atoms with Crippen LogP contribution in [0.2, 0.25) is 0 Å². The predicted octanol–water partition coefficient (Wildman–Crippen LogP) is 4.25. The van der Waals surface area contributed by atoms with Crippen LogP contribution in [-0.2, 0) is 0 Å². The Morgan fingerprint density at radius 1 is 0.538 bits per heavy atom. The van der Waals surface area contributed by atoms with Crippen LogP contribution in [0.4, 0.5) is 0 Å². The first-order chi connectivity index (χ1) is 6.40. The topological polar surface area (TPSA) is 0 Å². The van der Waals surface area contributed by atoms with E-state index in [1.165, 1.54) is 11.8 Å². The molecule has 4 aliphatic rings. The molecule has 0 aromatic rings. The molecule has 0 aliphatic heterocycles. The lowest BCUT2D eigenvalue weighted by molar-refractivity contribution is 0.134. The fourth-order valence-electron chi connectivity index (χ4n) is 4.07.